The number of thiazole rings is 1. The second-order valence-corrected chi connectivity index (χ2v) is 7.70. The molecular weight excluding hydrogens is 382 g/mol. The van der Waals surface area contributed by atoms with Gasteiger partial charge in [-0.1, -0.05) is 30.0 Å². The van der Waals surface area contributed by atoms with Crippen molar-refractivity contribution in [3.05, 3.63) is 51.7 Å². The molecule has 0 spiro atoms. The number of rotatable bonds is 8. The monoisotopic (exact) mass is 403 g/mol. The van der Waals surface area contributed by atoms with Crippen LogP contribution in [0.3, 0.4) is 0 Å². The molecule has 1 N–H and O–H groups in total. The molecule has 0 aliphatic heterocycles. The van der Waals surface area contributed by atoms with Crippen LogP contribution in [-0.4, -0.2) is 45.9 Å². The van der Waals surface area contributed by atoms with Gasteiger partial charge in [0.25, 0.3) is 5.91 Å². The molecule has 3 aromatic rings. The van der Waals surface area contributed by atoms with Crippen LogP contribution >= 0.6 is 23.1 Å². The van der Waals surface area contributed by atoms with Crippen LogP contribution in [0, 0.1) is 13.8 Å². The standard InChI is InChI=1S/C18H21N5O2S2/c1-12-6-4-5-7-15(12)23-13(2)21-22-18(23)27-11-16-20-14(10-26-16)17(24)19-8-9-25-3/h4-7,10H,8-9,11H2,1-3H3,(H,19,24). The normalized spacial score (nSPS) is 10.9. The number of hydrogen-bond acceptors (Lipinski definition) is 7. The Hall–Kier alpha value is -2.23. The lowest BCUT2D eigenvalue weighted by molar-refractivity contribution is 0.0932. The molecule has 1 amide bonds. The first-order chi connectivity index (χ1) is 13.1. The number of amides is 1. The minimum absolute atomic E-state index is 0.182. The van der Waals surface area contributed by atoms with Gasteiger partial charge in [0.05, 0.1) is 18.0 Å². The van der Waals surface area contributed by atoms with E-state index in [1.807, 2.05) is 23.6 Å². The third-order valence-corrected chi connectivity index (χ3v) is 5.82. The molecule has 142 valence electrons. The summed E-state index contributed by atoms with van der Waals surface area (Å²) in [4.78, 5) is 16.4. The smallest absolute Gasteiger partial charge is 0.270 e. The number of para-hydroxylation sites is 1. The summed E-state index contributed by atoms with van der Waals surface area (Å²) in [5.41, 5.74) is 2.66. The molecule has 0 saturated carbocycles. The summed E-state index contributed by atoms with van der Waals surface area (Å²) in [7, 11) is 1.60. The Morgan fingerprint density at radius 2 is 2.11 bits per heavy atom. The Kier molecular flexibility index (Phi) is 6.59. The molecule has 9 heteroatoms. The molecule has 0 radical (unpaired) electrons. The Morgan fingerprint density at radius 1 is 1.30 bits per heavy atom. The van der Waals surface area contributed by atoms with Gasteiger partial charge in [0, 0.05) is 19.0 Å². The van der Waals surface area contributed by atoms with E-state index in [0.29, 0.717) is 24.6 Å². The van der Waals surface area contributed by atoms with Crippen molar-refractivity contribution < 1.29 is 9.53 Å². The number of ether oxygens (including phenoxy) is 1. The number of thioether (sulfide) groups is 1. The first kappa shape index (κ1) is 19.5. The molecule has 0 atom stereocenters. The van der Waals surface area contributed by atoms with Gasteiger partial charge in [-0.05, 0) is 25.5 Å². The van der Waals surface area contributed by atoms with Gasteiger partial charge < -0.3 is 10.1 Å². The van der Waals surface area contributed by atoms with Crippen molar-refractivity contribution in [2.75, 3.05) is 20.3 Å². The van der Waals surface area contributed by atoms with Gasteiger partial charge in [-0.3, -0.25) is 9.36 Å². The molecule has 0 fully saturated rings. The molecule has 0 bridgehead atoms. The second-order valence-electron chi connectivity index (χ2n) is 5.82. The first-order valence-corrected chi connectivity index (χ1v) is 10.3. The van der Waals surface area contributed by atoms with Crippen molar-refractivity contribution in [1.29, 1.82) is 0 Å². The van der Waals surface area contributed by atoms with Crippen LogP contribution in [0.4, 0.5) is 0 Å². The maximum atomic E-state index is 12.0. The highest BCUT2D eigenvalue weighted by molar-refractivity contribution is 7.98. The highest BCUT2D eigenvalue weighted by Crippen LogP contribution is 2.27. The summed E-state index contributed by atoms with van der Waals surface area (Å²) in [6.07, 6.45) is 0. The van der Waals surface area contributed by atoms with E-state index < -0.39 is 0 Å². The Labute approximate surface area is 166 Å². The lowest BCUT2D eigenvalue weighted by atomic mass is 10.2. The number of methoxy groups -OCH3 is 1. The maximum absolute atomic E-state index is 12.0. The van der Waals surface area contributed by atoms with E-state index in [0.717, 1.165) is 27.2 Å². The number of nitrogens with zero attached hydrogens (tertiary/aromatic N) is 4. The number of carbonyl (C=O) groups excluding carboxylic acids is 1. The Morgan fingerprint density at radius 3 is 2.89 bits per heavy atom. The van der Waals surface area contributed by atoms with Crippen molar-refractivity contribution in [2.45, 2.75) is 24.8 Å². The van der Waals surface area contributed by atoms with Crippen molar-refractivity contribution >= 4 is 29.0 Å². The van der Waals surface area contributed by atoms with Gasteiger partial charge in [0.15, 0.2) is 5.16 Å². The van der Waals surface area contributed by atoms with Crippen LogP contribution in [0.5, 0.6) is 0 Å². The fourth-order valence-electron chi connectivity index (χ4n) is 2.49. The molecule has 27 heavy (non-hydrogen) atoms. The number of carbonyl (C=O) groups is 1. The average Bonchev–Trinajstić information content (AvgIpc) is 3.27. The highest BCUT2D eigenvalue weighted by atomic mass is 32.2. The summed E-state index contributed by atoms with van der Waals surface area (Å²) in [5, 5.41) is 14.7. The van der Waals surface area contributed by atoms with Crippen molar-refractivity contribution in [2.24, 2.45) is 0 Å². The quantitative estimate of drug-likeness (QED) is 0.460. The van der Waals surface area contributed by atoms with Crippen molar-refractivity contribution in [1.82, 2.24) is 25.1 Å². The van der Waals surface area contributed by atoms with E-state index in [9.17, 15) is 4.79 Å². The van der Waals surface area contributed by atoms with Gasteiger partial charge >= 0.3 is 0 Å². The molecule has 2 heterocycles. The molecule has 0 unspecified atom stereocenters. The van der Waals surface area contributed by atoms with E-state index >= 15 is 0 Å². The van der Waals surface area contributed by atoms with Crippen LogP contribution in [0.15, 0.2) is 34.8 Å². The summed E-state index contributed by atoms with van der Waals surface area (Å²) in [5.74, 6) is 1.28. The molecule has 1 aromatic carbocycles. The summed E-state index contributed by atoms with van der Waals surface area (Å²) in [6.45, 7) is 4.95. The molecule has 0 aliphatic carbocycles. The first-order valence-electron chi connectivity index (χ1n) is 8.42. The highest BCUT2D eigenvalue weighted by Gasteiger charge is 2.15. The van der Waals surface area contributed by atoms with Gasteiger partial charge in [-0.25, -0.2) is 4.98 Å². The number of benzene rings is 1. The predicted molar refractivity (Wildman–Crippen MR) is 107 cm³/mol. The van der Waals surface area contributed by atoms with E-state index in [4.69, 9.17) is 4.74 Å². The van der Waals surface area contributed by atoms with Crippen molar-refractivity contribution in [3.63, 3.8) is 0 Å². The fourth-order valence-corrected chi connectivity index (χ4v) is 4.28. The van der Waals surface area contributed by atoms with E-state index in [1.54, 1.807) is 24.3 Å². The maximum Gasteiger partial charge on any atom is 0.270 e. The number of aromatic nitrogens is 4. The third kappa shape index (κ3) is 4.74. The molecule has 7 nitrogen and oxygen atoms in total. The predicted octanol–water partition coefficient (Wildman–Crippen LogP) is 3.01. The van der Waals surface area contributed by atoms with Crippen LogP contribution in [0.2, 0.25) is 0 Å². The van der Waals surface area contributed by atoms with E-state index in [1.165, 1.54) is 11.3 Å². The van der Waals surface area contributed by atoms with Crippen LogP contribution in [-0.2, 0) is 10.5 Å². The van der Waals surface area contributed by atoms with E-state index in [2.05, 4.69) is 39.6 Å². The third-order valence-electron chi connectivity index (χ3n) is 3.85. The molecular formula is C18H21N5O2S2. The number of hydrogen-bond donors (Lipinski definition) is 1. The zero-order valence-electron chi connectivity index (χ0n) is 15.4. The molecule has 3 rings (SSSR count). The largest absolute Gasteiger partial charge is 0.383 e. The number of nitrogens with one attached hydrogen (secondary N) is 1. The minimum atomic E-state index is -0.182. The molecule has 2 aromatic heterocycles. The van der Waals surface area contributed by atoms with Gasteiger partial charge in [-0.15, -0.1) is 21.5 Å². The van der Waals surface area contributed by atoms with E-state index in [-0.39, 0.29) is 5.91 Å². The minimum Gasteiger partial charge on any atom is -0.383 e. The summed E-state index contributed by atoms with van der Waals surface area (Å²) in [6, 6.07) is 8.14. The van der Waals surface area contributed by atoms with Crippen molar-refractivity contribution in [3.8, 4) is 5.69 Å². The molecule has 0 aliphatic rings. The number of aryl methyl sites for hydroxylation is 2. The summed E-state index contributed by atoms with van der Waals surface area (Å²) >= 11 is 3.02. The van der Waals surface area contributed by atoms with Crippen LogP contribution < -0.4 is 5.32 Å². The van der Waals surface area contributed by atoms with Gasteiger partial charge in [0.1, 0.15) is 16.5 Å². The van der Waals surface area contributed by atoms with Crippen LogP contribution in [0.25, 0.3) is 5.69 Å². The fraction of sp³-hybridized carbons (Fsp3) is 0.333. The summed E-state index contributed by atoms with van der Waals surface area (Å²) < 4.78 is 6.98. The van der Waals surface area contributed by atoms with Crippen LogP contribution in [0.1, 0.15) is 26.9 Å². The average molecular weight is 404 g/mol. The van der Waals surface area contributed by atoms with Gasteiger partial charge in [-0.2, -0.15) is 0 Å². The zero-order valence-corrected chi connectivity index (χ0v) is 17.1. The Balaban J connectivity index is 1.68. The Bertz CT molecular complexity index is 922. The zero-order chi connectivity index (χ0) is 19.2. The topological polar surface area (TPSA) is 81.9 Å². The lowest BCUT2D eigenvalue weighted by Gasteiger charge is -2.10. The second kappa shape index (κ2) is 9.12. The lowest BCUT2D eigenvalue weighted by Crippen LogP contribution is -2.27. The SMILES string of the molecule is COCCNC(=O)c1csc(CSc2nnc(C)n2-c2ccccc2C)n1. The molecule has 0 saturated heterocycles. The van der Waals surface area contributed by atoms with Gasteiger partial charge in [0.2, 0.25) is 0 Å².